The molecule has 1 rings (SSSR count). The molecule has 0 saturated heterocycles. The molecule has 15 heavy (non-hydrogen) atoms. The first-order chi connectivity index (χ1) is 6.99. The number of guanidine groups is 1. The standard InChI is InChI=1S/C12H25N3/c1-5-8-15-11(13)14-9-12(15,4)7-6-10(2)3/h10H,5-9H2,1-4H3,(H2,13,14). The molecule has 1 aliphatic rings. The van der Waals surface area contributed by atoms with Crippen molar-refractivity contribution < 1.29 is 0 Å². The van der Waals surface area contributed by atoms with Gasteiger partial charge in [-0.15, -0.1) is 0 Å². The van der Waals surface area contributed by atoms with E-state index in [1.807, 2.05) is 0 Å². The maximum atomic E-state index is 5.92. The molecule has 88 valence electrons. The van der Waals surface area contributed by atoms with Crippen molar-refractivity contribution >= 4 is 5.96 Å². The number of nitrogens with two attached hydrogens (primary N) is 1. The van der Waals surface area contributed by atoms with Crippen molar-refractivity contribution in [2.75, 3.05) is 13.1 Å². The lowest BCUT2D eigenvalue weighted by Crippen LogP contribution is -2.49. The van der Waals surface area contributed by atoms with Gasteiger partial charge in [0.1, 0.15) is 0 Å². The Kier molecular flexibility index (Phi) is 4.00. The molecule has 0 spiro atoms. The zero-order valence-corrected chi connectivity index (χ0v) is 10.6. The fourth-order valence-electron chi connectivity index (χ4n) is 2.12. The zero-order chi connectivity index (χ0) is 11.5. The molecule has 0 bridgehead atoms. The van der Waals surface area contributed by atoms with Crippen molar-refractivity contribution in [1.29, 1.82) is 0 Å². The van der Waals surface area contributed by atoms with Gasteiger partial charge in [-0.1, -0.05) is 20.8 Å². The Labute approximate surface area is 93.7 Å². The summed E-state index contributed by atoms with van der Waals surface area (Å²) in [5.74, 6) is 1.50. The highest BCUT2D eigenvalue weighted by Gasteiger charge is 2.36. The van der Waals surface area contributed by atoms with Gasteiger partial charge in [0.2, 0.25) is 0 Å². The van der Waals surface area contributed by atoms with Gasteiger partial charge in [0.25, 0.3) is 0 Å². The van der Waals surface area contributed by atoms with Crippen LogP contribution in [0.15, 0.2) is 4.99 Å². The Bertz CT molecular complexity index is 235. The molecule has 1 atom stereocenters. The number of hydrogen-bond acceptors (Lipinski definition) is 3. The van der Waals surface area contributed by atoms with Crippen molar-refractivity contribution in [1.82, 2.24) is 4.90 Å². The van der Waals surface area contributed by atoms with Gasteiger partial charge in [0.05, 0.1) is 12.1 Å². The van der Waals surface area contributed by atoms with Crippen LogP contribution in [0.3, 0.4) is 0 Å². The van der Waals surface area contributed by atoms with E-state index in [4.69, 9.17) is 5.73 Å². The second-order valence-corrected chi connectivity index (χ2v) is 5.26. The van der Waals surface area contributed by atoms with Crippen molar-refractivity contribution in [2.45, 2.75) is 52.5 Å². The summed E-state index contributed by atoms with van der Waals surface area (Å²) in [5, 5.41) is 0. The van der Waals surface area contributed by atoms with E-state index in [1.165, 1.54) is 12.8 Å². The van der Waals surface area contributed by atoms with Crippen molar-refractivity contribution in [3.8, 4) is 0 Å². The molecule has 0 saturated carbocycles. The van der Waals surface area contributed by atoms with Gasteiger partial charge in [-0.25, -0.2) is 0 Å². The predicted octanol–water partition coefficient (Wildman–Crippen LogP) is 2.22. The van der Waals surface area contributed by atoms with Crippen molar-refractivity contribution in [3.05, 3.63) is 0 Å². The number of rotatable bonds is 5. The third-order valence-corrected chi connectivity index (χ3v) is 3.22. The highest BCUT2D eigenvalue weighted by Crippen LogP contribution is 2.28. The van der Waals surface area contributed by atoms with Gasteiger partial charge in [-0.05, 0) is 32.1 Å². The summed E-state index contributed by atoms with van der Waals surface area (Å²) in [6.07, 6.45) is 3.57. The fourth-order valence-corrected chi connectivity index (χ4v) is 2.12. The van der Waals surface area contributed by atoms with Crippen LogP contribution >= 0.6 is 0 Å². The van der Waals surface area contributed by atoms with Crippen LogP contribution in [0, 0.1) is 5.92 Å². The Morgan fingerprint density at radius 3 is 2.73 bits per heavy atom. The van der Waals surface area contributed by atoms with E-state index < -0.39 is 0 Å². The van der Waals surface area contributed by atoms with Crippen molar-refractivity contribution in [3.63, 3.8) is 0 Å². The Morgan fingerprint density at radius 2 is 2.20 bits per heavy atom. The molecule has 2 N–H and O–H groups in total. The summed E-state index contributed by atoms with van der Waals surface area (Å²) < 4.78 is 0. The molecule has 0 aromatic carbocycles. The van der Waals surface area contributed by atoms with Crippen LogP contribution in [-0.2, 0) is 0 Å². The maximum Gasteiger partial charge on any atom is 0.191 e. The molecule has 3 nitrogen and oxygen atoms in total. The van der Waals surface area contributed by atoms with Gasteiger partial charge >= 0.3 is 0 Å². The minimum absolute atomic E-state index is 0.171. The summed E-state index contributed by atoms with van der Waals surface area (Å²) in [4.78, 5) is 6.67. The summed E-state index contributed by atoms with van der Waals surface area (Å²) in [6, 6.07) is 0. The first kappa shape index (κ1) is 12.3. The fraction of sp³-hybridized carbons (Fsp3) is 0.917. The Hall–Kier alpha value is -0.730. The summed E-state index contributed by atoms with van der Waals surface area (Å²) in [5.41, 5.74) is 6.09. The number of hydrogen-bond donors (Lipinski definition) is 1. The SMILES string of the molecule is CCCN1C(N)=NCC1(C)CCC(C)C. The molecule has 0 fully saturated rings. The molecule has 0 radical (unpaired) electrons. The van der Waals surface area contributed by atoms with Gasteiger partial charge < -0.3 is 10.6 Å². The van der Waals surface area contributed by atoms with Crippen LogP contribution in [0.2, 0.25) is 0 Å². The van der Waals surface area contributed by atoms with E-state index >= 15 is 0 Å². The average molecular weight is 211 g/mol. The smallest absolute Gasteiger partial charge is 0.191 e. The predicted molar refractivity (Wildman–Crippen MR) is 66.0 cm³/mol. The minimum atomic E-state index is 0.171. The third kappa shape index (κ3) is 2.86. The lowest BCUT2D eigenvalue weighted by Gasteiger charge is -2.36. The van der Waals surface area contributed by atoms with Crippen LogP contribution in [0.4, 0.5) is 0 Å². The van der Waals surface area contributed by atoms with E-state index in [2.05, 4.69) is 37.6 Å². The first-order valence-corrected chi connectivity index (χ1v) is 6.07. The van der Waals surface area contributed by atoms with E-state index in [1.54, 1.807) is 0 Å². The highest BCUT2D eigenvalue weighted by molar-refractivity contribution is 5.80. The van der Waals surface area contributed by atoms with Crippen LogP contribution < -0.4 is 5.73 Å². The minimum Gasteiger partial charge on any atom is -0.370 e. The van der Waals surface area contributed by atoms with E-state index in [9.17, 15) is 0 Å². The van der Waals surface area contributed by atoms with Crippen LogP contribution in [0.5, 0.6) is 0 Å². The highest BCUT2D eigenvalue weighted by atomic mass is 15.3. The molecule has 1 heterocycles. The van der Waals surface area contributed by atoms with Gasteiger partial charge in [0.15, 0.2) is 5.96 Å². The van der Waals surface area contributed by atoms with E-state index in [0.29, 0.717) is 0 Å². The third-order valence-electron chi connectivity index (χ3n) is 3.22. The molecule has 1 unspecified atom stereocenters. The second kappa shape index (κ2) is 4.86. The molecule has 0 aliphatic carbocycles. The lowest BCUT2D eigenvalue weighted by atomic mass is 9.91. The Balaban J connectivity index is 2.59. The molecular formula is C12H25N3. The summed E-state index contributed by atoms with van der Waals surface area (Å²) in [6.45, 7) is 10.9. The van der Waals surface area contributed by atoms with Crippen LogP contribution in [0.25, 0.3) is 0 Å². The monoisotopic (exact) mass is 211 g/mol. The quantitative estimate of drug-likeness (QED) is 0.757. The second-order valence-electron chi connectivity index (χ2n) is 5.26. The first-order valence-electron chi connectivity index (χ1n) is 6.07. The topological polar surface area (TPSA) is 41.6 Å². The summed E-state index contributed by atoms with van der Waals surface area (Å²) in [7, 11) is 0. The van der Waals surface area contributed by atoms with Gasteiger partial charge in [-0.3, -0.25) is 4.99 Å². The number of aliphatic imine (C=N–C) groups is 1. The maximum absolute atomic E-state index is 5.92. The lowest BCUT2D eigenvalue weighted by molar-refractivity contribution is 0.196. The molecule has 3 heteroatoms. The summed E-state index contributed by atoms with van der Waals surface area (Å²) >= 11 is 0. The molecule has 1 aliphatic heterocycles. The largest absolute Gasteiger partial charge is 0.370 e. The van der Waals surface area contributed by atoms with Crippen molar-refractivity contribution in [2.24, 2.45) is 16.6 Å². The normalized spacial score (nSPS) is 26.2. The molecule has 0 aromatic rings. The number of nitrogens with zero attached hydrogens (tertiary/aromatic N) is 2. The van der Waals surface area contributed by atoms with Gasteiger partial charge in [0, 0.05) is 6.54 Å². The zero-order valence-electron chi connectivity index (χ0n) is 10.6. The average Bonchev–Trinajstić information content (AvgIpc) is 2.45. The van der Waals surface area contributed by atoms with Crippen LogP contribution in [-0.4, -0.2) is 29.5 Å². The molecule has 0 amide bonds. The molecule has 0 aromatic heterocycles. The molecular weight excluding hydrogens is 186 g/mol. The Morgan fingerprint density at radius 1 is 1.53 bits per heavy atom. The van der Waals surface area contributed by atoms with E-state index in [-0.39, 0.29) is 5.54 Å². The van der Waals surface area contributed by atoms with Gasteiger partial charge in [-0.2, -0.15) is 0 Å². The van der Waals surface area contributed by atoms with Crippen LogP contribution in [0.1, 0.15) is 47.0 Å². The van der Waals surface area contributed by atoms with E-state index in [0.717, 1.165) is 31.4 Å².